The van der Waals surface area contributed by atoms with E-state index in [9.17, 15) is 4.79 Å². The zero-order valence-corrected chi connectivity index (χ0v) is 10.8. The smallest absolute Gasteiger partial charge is 0.307 e. The standard InChI is InChI=1S/C17H13NO2/c19-17(20)11-12-6-8-16-14(10-12)7-9-15(18-16)13-4-2-1-3-5-13/h1-10H,11H2,(H,19,20). The third-order valence-electron chi connectivity index (χ3n) is 3.18. The monoisotopic (exact) mass is 263 g/mol. The van der Waals surface area contributed by atoms with Crippen molar-refractivity contribution < 1.29 is 9.90 Å². The van der Waals surface area contributed by atoms with Crippen LogP contribution >= 0.6 is 0 Å². The summed E-state index contributed by atoms with van der Waals surface area (Å²) in [4.78, 5) is 15.3. The van der Waals surface area contributed by atoms with Crippen molar-refractivity contribution in [3.63, 3.8) is 0 Å². The quantitative estimate of drug-likeness (QED) is 0.786. The van der Waals surface area contributed by atoms with Crippen LogP contribution in [0.15, 0.2) is 60.7 Å². The van der Waals surface area contributed by atoms with Gasteiger partial charge in [0.1, 0.15) is 0 Å². The molecule has 1 heterocycles. The number of aliphatic carboxylic acids is 1. The number of pyridine rings is 1. The highest BCUT2D eigenvalue weighted by molar-refractivity contribution is 5.83. The zero-order valence-electron chi connectivity index (χ0n) is 10.8. The van der Waals surface area contributed by atoms with E-state index in [-0.39, 0.29) is 6.42 Å². The van der Waals surface area contributed by atoms with Crippen LogP contribution in [-0.2, 0) is 11.2 Å². The van der Waals surface area contributed by atoms with E-state index in [0.29, 0.717) is 0 Å². The van der Waals surface area contributed by atoms with E-state index < -0.39 is 5.97 Å². The summed E-state index contributed by atoms with van der Waals surface area (Å²) in [6.45, 7) is 0. The third kappa shape index (κ3) is 2.52. The van der Waals surface area contributed by atoms with Gasteiger partial charge in [0.05, 0.1) is 17.6 Å². The summed E-state index contributed by atoms with van der Waals surface area (Å²) in [7, 11) is 0. The van der Waals surface area contributed by atoms with Crippen molar-refractivity contribution in [1.82, 2.24) is 4.98 Å². The summed E-state index contributed by atoms with van der Waals surface area (Å²) in [6, 6.07) is 19.5. The van der Waals surface area contributed by atoms with Crippen molar-refractivity contribution in [3.8, 4) is 11.3 Å². The Balaban J connectivity index is 2.03. The molecule has 0 fully saturated rings. The minimum Gasteiger partial charge on any atom is -0.481 e. The molecule has 1 aromatic heterocycles. The minimum atomic E-state index is -0.821. The van der Waals surface area contributed by atoms with Crippen molar-refractivity contribution in [3.05, 3.63) is 66.2 Å². The fourth-order valence-corrected chi connectivity index (χ4v) is 2.23. The number of benzene rings is 2. The molecule has 0 spiro atoms. The lowest BCUT2D eigenvalue weighted by Crippen LogP contribution is -1.99. The first-order chi connectivity index (χ1) is 9.72. The van der Waals surface area contributed by atoms with E-state index in [4.69, 9.17) is 5.11 Å². The molecule has 98 valence electrons. The summed E-state index contributed by atoms with van der Waals surface area (Å²) in [5.74, 6) is -0.821. The van der Waals surface area contributed by atoms with Gasteiger partial charge in [-0.3, -0.25) is 4.79 Å². The van der Waals surface area contributed by atoms with E-state index in [2.05, 4.69) is 4.98 Å². The molecule has 0 amide bonds. The van der Waals surface area contributed by atoms with Crippen LogP contribution in [0.25, 0.3) is 22.2 Å². The molecule has 0 radical (unpaired) electrons. The maximum atomic E-state index is 10.7. The molecule has 3 aromatic rings. The second kappa shape index (κ2) is 5.13. The van der Waals surface area contributed by atoms with Gasteiger partial charge in [-0.2, -0.15) is 0 Å². The first-order valence-electron chi connectivity index (χ1n) is 6.39. The van der Waals surface area contributed by atoms with Crippen LogP contribution in [-0.4, -0.2) is 16.1 Å². The molecule has 0 aliphatic heterocycles. The molecule has 0 saturated heterocycles. The Morgan fingerprint density at radius 1 is 1.00 bits per heavy atom. The van der Waals surface area contributed by atoms with Gasteiger partial charge < -0.3 is 5.11 Å². The number of aromatic nitrogens is 1. The Morgan fingerprint density at radius 2 is 1.80 bits per heavy atom. The number of hydrogen-bond donors (Lipinski definition) is 1. The van der Waals surface area contributed by atoms with Gasteiger partial charge in [0.25, 0.3) is 0 Å². The van der Waals surface area contributed by atoms with Crippen LogP contribution in [0.5, 0.6) is 0 Å². The Morgan fingerprint density at radius 3 is 2.55 bits per heavy atom. The lowest BCUT2D eigenvalue weighted by atomic mass is 10.1. The molecule has 0 saturated carbocycles. The number of nitrogens with zero attached hydrogens (tertiary/aromatic N) is 1. The van der Waals surface area contributed by atoms with Gasteiger partial charge >= 0.3 is 5.97 Å². The topological polar surface area (TPSA) is 50.2 Å². The SMILES string of the molecule is O=C(O)Cc1ccc2nc(-c3ccccc3)ccc2c1. The first-order valence-corrected chi connectivity index (χ1v) is 6.39. The minimum absolute atomic E-state index is 0.0381. The molecule has 0 atom stereocenters. The van der Waals surface area contributed by atoms with Crippen LogP contribution in [0.1, 0.15) is 5.56 Å². The van der Waals surface area contributed by atoms with Gasteiger partial charge in [0, 0.05) is 10.9 Å². The van der Waals surface area contributed by atoms with Crippen LogP contribution in [0.2, 0.25) is 0 Å². The van der Waals surface area contributed by atoms with E-state index in [1.807, 2.05) is 60.7 Å². The number of hydrogen-bond acceptors (Lipinski definition) is 2. The van der Waals surface area contributed by atoms with Crippen molar-refractivity contribution in [2.75, 3.05) is 0 Å². The summed E-state index contributed by atoms with van der Waals surface area (Å²) < 4.78 is 0. The summed E-state index contributed by atoms with van der Waals surface area (Å²) in [5, 5.41) is 9.78. The molecule has 0 aliphatic carbocycles. The fraction of sp³-hybridized carbons (Fsp3) is 0.0588. The lowest BCUT2D eigenvalue weighted by Gasteiger charge is -2.04. The maximum absolute atomic E-state index is 10.7. The Hall–Kier alpha value is -2.68. The van der Waals surface area contributed by atoms with E-state index in [1.54, 1.807) is 0 Å². The third-order valence-corrected chi connectivity index (χ3v) is 3.18. The molecule has 3 heteroatoms. The number of carboxylic acids is 1. The first kappa shape index (κ1) is 12.4. The molecule has 2 aromatic carbocycles. The normalized spacial score (nSPS) is 10.6. The van der Waals surface area contributed by atoms with Crippen molar-refractivity contribution in [2.24, 2.45) is 0 Å². The molecule has 1 N–H and O–H groups in total. The molecule has 0 unspecified atom stereocenters. The van der Waals surface area contributed by atoms with Crippen LogP contribution in [0.4, 0.5) is 0 Å². The molecular formula is C17H13NO2. The Bertz CT molecular complexity index is 766. The number of carboxylic acid groups (broad SMARTS) is 1. The summed E-state index contributed by atoms with van der Waals surface area (Å²) >= 11 is 0. The van der Waals surface area contributed by atoms with E-state index in [0.717, 1.165) is 27.7 Å². The average Bonchev–Trinajstić information content (AvgIpc) is 2.47. The molecule has 3 rings (SSSR count). The summed E-state index contributed by atoms with van der Waals surface area (Å²) in [6.07, 6.45) is 0.0381. The predicted octanol–water partition coefficient (Wildman–Crippen LogP) is 3.53. The van der Waals surface area contributed by atoms with E-state index in [1.165, 1.54) is 0 Å². The van der Waals surface area contributed by atoms with Crippen LogP contribution in [0, 0.1) is 0 Å². The highest BCUT2D eigenvalue weighted by Gasteiger charge is 2.04. The highest BCUT2D eigenvalue weighted by Crippen LogP contribution is 2.21. The fourth-order valence-electron chi connectivity index (χ4n) is 2.23. The van der Waals surface area contributed by atoms with Crippen molar-refractivity contribution in [1.29, 1.82) is 0 Å². The largest absolute Gasteiger partial charge is 0.481 e. The van der Waals surface area contributed by atoms with Gasteiger partial charge in [-0.1, -0.05) is 42.5 Å². The Labute approximate surface area is 116 Å². The predicted molar refractivity (Wildman–Crippen MR) is 78.5 cm³/mol. The maximum Gasteiger partial charge on any atom is 0.307 e. The lowest BCUT2D eigenvalue weighted by molar-refractivity contribution is -0.136. The molecule has 0 bridgehead atoms. The van der Waals surface area contributed by atoms with Gasteiger partial charge in [-0.25, -0.2) is 4.98 Å². The number of carbonyl (C=O) groups is 1. The highest BCUT2D eigenvalue weighted by atomic mass is 16.4. The van der Waals surface area contributed by atoms with Gasteiger partial charge in [-0.05, 0) is 23.8 Å². The number of rotatable bonds is 3. The Kier molecular flexibility index (Phi) is 3.17. The van der Waals surface area contributed by atoms with Gasteiger partial charge in [0.15, 0.2) is 0 Å². The van der Waals surface area contributed by atoms with Gasteiger partial charge in [0.2, 0.25) is 0 Å². The molecule has 0 aliphatic rings. The second-order valence-electron chi connectivity index (χ2n) is 4.66. The second-order valence-corrected chi connectivity index (χ2v) is 4.66. The van der Waals surface area contributed by atoms with Crippen molar-refractivity contribution >= 4 is 16.9 Å². The molecule has 20 heavy (non-hydrogen) atoms. The average molecular weight is 263 g/mol. The van der Waals surface area contributed by atoms with Crippen molar-refractivity contribution in [2.45, 2.75) is 6.42 Å². The number of fused-ring (bicyclic) bond motifs is 1. The molecular weight excluding hydrogens is 250 g/mol. The zero-order chi connectivity index (χ0) is 13.9. The van der Waals surface area contributed by atoms with Crippen LogP contribution in [0.3, 0.4) is 0 Å². The van der Waals surface area contributed by atoms with Gasteiger partial charge in [-0.15, -0.1) is 0 Å². The van der Waals surface area contributed by atoms with Crippen LogP contribution < -0.4 is 0 Å². The van der Waals surface area contributed by atoms with E-state index >= 15 is 0 Å². The summed E-state index contributed by atoms with van der Waals surface area (Å²) in [5.41, 5.74) is 3.66. The molecule has 3 nitrogen and oxygen atoms in total.